The molecular weight excluding hydrogens is 340 g/mol. The highest BCUT2D eigenvalue weighted by molar-refractivity contribution is 7.20. The molecule has 1 N–H and O–H groups in total. The molecule has 138 valence electrons. The number of carbonyl (C=O) groups is 1. The first-order chi connectivity index (χ1) is 12.0. The molecule has 0 aliphatic rings. The van der Waals surface area contributed by atoms with Gasteiger partial charge in [-0.1, -0.05) is 6.92 Å². The van der Waals surface area contributed by atoms with Crippen LogP contribution in [0.1, 0.15) is 28.6 Å². The van der Waals surface area contributed by atoms with Crippen LogP contribution in [0, 0.1) is 6.92 Å². The van der Waals surface area contributed by atoms with E-state index >= 15 is 0 Å². The summed E-state index contributed by atoms with van der Waals surface area (Å²) in [5, 5.41) is 4.32. The Labute approximate surface area is 152 Å². The molecule has 1 atom stereocenters. The summed E-state index contributed by atoms with van der Waals surface area (Å²) in [6.45, 7) is 5.69. The average Bonchev–Trinajstić information content (AvgIpc) is 2.96. The summed E-state index contributed by atoms with van der Waals surface area (Å²) in [6, 6.07) is 0.158. The van der Waals surface area contributed by atoms with E-state index in [1.165, 1.54) is 17.7 Å². The standard InChI is InChI=1S/C17H26N4O3S/c1-6-12(9-24-5)20-15-13-11(2)14(25-16(13)19-10-18-15)17(22)21(3)7-8-23-4/h10,12H,6-9H2,1-5H3,(H,18,19,20). The van der Waals surface area contributed by atoms with Crippen LogP contribution in [0.4, 0.5) is 5.82 Å². The Bertz CT molecular complexity index is 719. The van der Waals surface area contributed by atoms with Gasteiger partial charge < -0.3 is 19.7 Å². The van der Waals surface area contributed by atoms with E-state index < -0.39 is 0 Å². The zero-order chi connectivity index (χ0) is 18.4. The highest BCUT2D eigenvalue weighted by atomic mass is 32.1. The van der Waals surface area contributed by atoms with Gasteiger partial charge in [0.05, 0.1) is 29.5 Å². The van der Waals surface area contributed by atoms with Gasteiger partial charge in [0.25, 0.3) is 5.91 Å². The SMILES string of the molecule is CCC(COC)Nc1ncnc2sc(C(=O)N(C)CCOC)c(C)c12. The van der Waals surface area contributed by atoms with Crippen molar-refractivity contribution in [2.75, 3.05) is 46.3 Å². The van der Waals surface area contributed by atoms with E-state index in [9.17, 15) is 4.79 Å². The Kier molecular flexibility index (Phi) is 7.10. The van der Waals surface area contributed by atoms with Crippen molar-refractivity contribution in [3.05, 3.63) is 16.8 Å². The molecule has 0 aromatic carbocycles. The molecule has 0 fully saturated rings. The number of methoxy groups -OCH3 is 2. The number of carbonyl (C=O) groups excluding carboxylic acids is 1. The van der Waals surface area contributed by atoms with Crippen molar-refractivity contribution >= 4 is 33.3 Å². The van der Waals surface area contributed by atoms with Gasteiger partial charge in [-0.25, -0.2) is 9.97 Å². The number of ether oxygens (including phenoxy) is 2. The van der Waals surface area contributed by atoms with Gasteiger partial charge in [0.1, 0.15) is 17.0 Å². The molecule has 0 aliphatic carbocycles. The van der Waals surface area contributed by atoms with Crippen LogP contribution in [0.2, 0.25) is 0 Å². The van der Waals surface area contributed by atoms with Crippen LogP contribution in [0.15, 0.2) is 6.33 Å². The predicted octanol–water partition coefficient (Wildman–Crippen LogP) is 2.56. The first-order valence-electron chi connectivity index (χ1n) is 8.27. The fraction of sp³-hybridized carbons (Fsp3) is 0.588. The molecule has 1 unspecified atom stereocenters. The fourth-order valence-corrected chi connectivity index (χ4v) is 3.69. The summed E-state index contributed by atoms with van der Waals surface area (Å²) >= 11 is 1.40. The molecular formula is C17H26N4O3S. The Morgan fingerprint density at radius 2 is 2.12 bits per heavy atom. The number of nitrogens with one attached hydrogen (secondary N) is 1. The lowest BCUT2D eigenvalue weighted by Crippen LogP contribution is -2.29. The monoisotopic (exact) mass is 366 g/mol. The van der Waals surface area contributed by atoms with E-state index in [1.54, 1.807) is 26.2 Å². The first kappa shape index (κ1) is 19.6. The number of aromatic nitrogens is 2. The van der Waals surface area contributed by atoms with E-state index in [0.717, 1.165) is 28.0 Å². The zero-order valence-electron chi connectivity index (χ0n) is 15.5. The van der Waals surface area contributed by atoms with Crippen LogP contribution in [0.5, 0.6) is 0 Å². The van der Waals surface area contributed by atoms with Gasteiger partial charge in [-0.3, -0.25) is 4.79 Å². The maximum absolute atomic E-state index is 12.7. The molecule has 8 heteroatoms. The molecule has 0 spiro atoms. The Hall–Kier alpha value is -1.77. The van der Waals surface area contributed by atoms with Crippen LogP contribution in [-0.4, -0.2) is 67.8 Å². The molecule has 0 radical (unpaired) electrons. The maximum Gasteiger partial charge on any atom is 0.264 e. The van der Waals surface area contributed by atoms with Crippen molar-refractivity contribution in [2.45, 2.75) is 26.3 Å². The third kappa shape index (κ3) is 4.45. The lowest BCUT2D eigenvalue weighted by molar-refractivity contribution is 0.0748. The first-order valence-corrected chi connectivity index (χ1v) is 9.09. The minimum atomic E-state index is -0.0209. The van der Waals surface area contributed by atoms with Crippen LogP contribution in [0.3, 0.4) is 0 Å². The molecule has 2 aromatic heterocycles. The van der Waals surface area contributed by atoms with E-state index in [2.05, 4.69) is 22.2 Å². The normalized spacial score (nSPS) is 12.4. The number of hydrogen-bond donors (Lipinski definition) is 1. The molecule has 1 amide bonds. The third-order valence-corrected chi connectivity index (χ3v) is 5.29. The predicted molar refractivity (Wildman–Crippen MR) is 101 cm³/mol. The average molecular weight is 366 g/mol. The van der Waals surface area contributed by atoms with Crippen molar-refractivity contribution in [3.8, 4) is 0 Å². The molecule has 2 aromatic rings. The van der Waals surface area contributed by atoms with Crippen LogP contribution >= 0.6 is 11.3 Å². The van der Waals surface area contributed by atoms with Gasteiger partial charge in [-0.15, -0.1) is 11.3 Å². The highest BCUT2D eigenvalue weighted by Crippen LogP contribution is 2.34. The number of anilines is 1. The molecule has 25 heavy (non-hydrogen) atoms. The second-order valence-corrected chi connectivity index (χ2v) is 6.88. The van der Waals surface area contributed by atoms with Crippen molar-refractivity contribution < 1.29 is 14.3 Å². The lowest BCUT2D eigenvalue weighted by atomic mass is 10.1. The number of rotatable bonds is 9. The minimum Gasteiger partial charge on any atom is -0.383 e. The maximum atomic E-state index is 12.7. The van der Waals surface area contributed by atoms with Gasteiger partial charge in [0, 0.05) is 27.8 Å². The Morgan fingerprint density at radius 3 is 2.76 bits per heavy atom. The number of aryl methyl sites for hydroxylation is 1. The van der Waals surface area contributed by atoms with Crippen LogP contribution in [-0.2, 0) is 9.47 Å². The molecule has 2 rings (SSSR count). The number of hydrogen-bond acceptors (Lipinski definition) is 7. The van der Waals surface area contributed by atoms with Crippen molar-refractivity contribution in [1.29, 1.82) is 0 Å². The molecule has 0 aliphatic heterocycles. The number of likely N-dealkylation sites (N-methyl/N-ethyl adjacent to an activating group) is 1. The summed E-state index contributed by atoms with van der Waals surface area (Å²) in [6.07, 6.45) is 2.44. The van der Waals surface area contributed by atoms with Crippen LogP contribution in [0.25, 0.3) is 10.2 Å². The Morgan fingerprint density at radius 1 is 1.36 bits per heavy atom. The molecule has 7 nitrogen and oxygen atoms in total. The largest absolute Gasteiger partial charge is 0.383 e. The molecule has 0 saturated heterocycles. The third-order valence-electron chi connectivity index (χ3n) is 4.10. The van der Waals surface area contributed by atoms with Gasteiger partial charge in [0.2, 0.25) is 0 Å². The summed E-state index contributed by atoms with van der Waals surface area (Å²) in [7, 11) is 5.09. The van der Waals surface area contributed by atoms with Gasteiger partial charge in [-0.2, -0.15) is 0 Å². The number of fused-ring (bicyclic) bond motifs is 1. The van der Waals surface area contributed by atoms with Crippen molar-refractivity contribution in [1.82, 2.24) is 14.9 Å². The van der Waals surface area contributed by atoms with Gasteiger partial charge >= 0.3 is 0 Å². The number of amides is 1. The molecule has 0 bridgehead atoms. The van der Waals surface area contributed by atoms with Gasteiger partial charge in [-0.05, 0) is 18.9 Å². The quantitative estimate of drug-likeness (QED) is 0.735. The fourth-order valence-electron chi connectivity index (χ4n) is 2.54. The van der Waals surface area contributed by atoms with E-state index in [0.29, 0.717) is 24.6 Å². The Balaban J connectivity index is 2.35. The minimum absolute atomic E-state index is 0.0209. The smallest absolute Gasteiger partial charge is 0.264 e. The zero-order valence-corrected chi connectivity index (χ0v) is 16.3. The summed E-state index contributed by atoms with van der Waals surface area (Å²) in [4.78, 5) is 24.6. The van der Waals surface area contributed by atoms with E-state index in [1.807, 2.05) is 6.92 Å². The number of nitrogens with zero attached hydrogens (tertiary/aromatic N) is 3. The van der Waals surface area contributed by atoms with E-state index in [-0.39, 0.29) is 11.9 Å². The van der Waals surface area contributed by atoms with Crippen molar-refractivity contribution in [2.24, 2.45) is 0 Å². The second kappa shape index (κ2) is 9.07. The second-order valence-electron chi connectivity index (χ2n) is 5.88. The summed E-state index contributed by atoms with van der Waals surface area (Å²) < 4.78 is 10.3. The molecule has 2 heterocycles. The topological polar surface area (TPSA) is 76.6 Å². The van der Waals surface area contributed by atoms with Gasteiger partial charge in [0.15, 0.2) is 0 Å². The van der Waals surface area contributed by atoms with E-state index in [4.69, 9.17) is 9.47 Å². The molecule has 0 saturated carbocycles. The summed E-state index contributed by atoms with van der Waals surface area (Å²) in [5.41, 5.74) is 0.907. The highest BCUT2D eigenvalue weighted by Gasteiger charge is 2.22. The summed E-state index contributed by atoms with van der Waals surface area (Å²) in [5.74, 6) is 0.730. The number of thiophene rings is 1. The van der Waals surface area contributed by atoms with Crippen molar-refractivity contribution in [3.63, 3.8) is 0 Å². The van der Waals surface area contributed by atoms with Crippen LogP contribution < -0.4 is 5.32 Å². The lowest BCUT2D eigenvalue weighted by Gasteiger charge is -2.17.